The van der Waals surface area contributed by atoms with Gasteiger partial charge in [-0.05, 0) is 63.4 Å². The highest BCUT2D eigenvalue weighted by Gasteiger charge is 2.21. The van der Waals surface area contributed by atoms with Gasteiger partial charge in [0.15, 0.2) is 5.11 Å². The van der Waals surface area contributed by atoms with Gasteiger partial charge in [0.2, 0.25) is 0 Å². The molecule has 0 bridgehead atoms. The molecule has 18 heavy (non-hydrogen) atoms. The van der Waals surface area contributed by atoms with Crippen LogP contribution in [0.1, 0.15) is 37.3 Å². The Hall–Kier alpha value is -1.09. The molecule has 1 aromatic carbocycles. The van der Waals surface area contributed by atoms with Gasteiger partial charge < -0.3 is 10.2 Å². The van der Waals surface area contributed by atoms with E-state index in [1.54, 1.807) is 0 Å². The highest BCUT2D eigenvalue weighted by molar-refractivity contribution is 7.80. The number of aryl methyl sites for hydroxylation is 2. The zero-order valence-electron chi connectivity index (χ0n) is 11.5. The number of hydrogen-bond acceptors (Lipinski definition) is 1. The summed E-state index contributed by atoms with van der Waals surface area (Å²) in [5.74, 6) is 0. The molecule has 1 aliphatic rings. The van der Waals surface area contributed by atoms with Gasteiger partial charge in [0.05, 0.1) is 0 Å². The van der Waals surface area contributed by atoms with Gasteiger partial charge >= 0.3 is 0 Å². The summed E-state index contributed by atoms with van der Waals surface area (Å²) in [6, 6.07) is 6.89. The summed E-state index contributed by atoms with van der Waals surface area (Å²) in [7, 11) is 0. The Morgan fingerprint density at radius 3 is 2.56 bits per heavy atom. The molecule has 0 spiro atoms. The molecule has 2 nitrogen and oxygen atoms in total. The Morgan fingerprint density at radius 2 is 1.94 bits per heavy atom. The molecule has 0 aromatic heterocycles. The van der Waals surface area contributed by atoms with Gasteiger partial charge in [-0.15, -0.1) is 0 Å². The maximum atomic E-state index is 5.57. The predicted octanol–water partition coefficient (Wildman–Crippen LogP) is 3.87. The number of rotatable bonds is 1. The monoisotopic (exact) mass is 262 g/mol. The Kier molecular flexibility index (Phi) is 4.23. The smallest absolute Gasteiger partial charge is 0.173 e. The maximum Gasteiger partial charge on any atom is 0.173 e. The Labute approximate surface area is 115 Å². The second-order valence-electron chi connectivity index (χ2n) is 5.24. The standard InChI is InChI=1S/C15H22N2S/c1-11-7-6-8-12(2)14(11)16-15(18)17-10-5-4-9-13(17)3/h6-8,13H,4-5,9-10H2,1-3H3,(H,16,18). The molecule has 2 rings (SSSR count). The van der Waals surface area contributed by atoms with Gasteiger partial charge in [0.25, 0.3) is 0 Å². The molecule has 1 unspecified atom stereocenters. The minimum atomic E-state index is 0.558. The second-order valence-corrected chi connectivity index (χ2v) is 5.62. The van der Waals surface area contributed by atoms with Crippen LogP contribution >= 0.6 is 12.2 Å². The summed E-state index contributed by atoms with van der Waals surface area (Å²) in [6.45, 7) is 7.59. The van der Waals surface area contributed by atoms with Crippen molar-refractivity contribution < 1.29 is 0 Å². The Balaban J connectivity index is 2.11. The fourth-order valence-corrected chi connectivity index (χ4v) is 2.96. The molecule has 1 N–H and O–H groups in total. The summed E-state index contributed by atoms with van der Waals surface area (Å²) in [4.78, 5) is 2.32. The first kappa shape index (κ1) is 13.3. The summed E-state index contributed by atoms with van der Waals surface area (Å²) < 4.78 is 0. The predicted molar refractivity (Wildman–Crippen MR) is 82.2 cm³/mol. The number of piperidine rings is 1. The van der Waals surface area contributed by atoms with Crippen molar-refractivity contribution in [2.75, 3.05) is 11.9 Å². The third kappa shape index (κ3) is 2.83. The van der Waals surface area contributed by atoms with Crippen LogP contribution in [-0.4, -0.2) is 22.6 Å². The summed E-state index contributed by atoms with van der Waals surface area (Å²) >= 11 is 5.57. The van der Waals surface area contributed by atoms with E-state index in [1.165, 1.54) is 36.1 Å². The average Bonchev–Trinajstić information content (AvgIpc) is 2.34. The van der Waals surface area contributed by atoms with Gasteiger partial charge in [0, 0.05) is 18.3 Å². The molecular weight excluding hydrogens is 240 g/mol. The van der Waals surface area contributed by atoms with Crippen LogP contribution in [0.25, 0.3) is 0 Å². The first-order valence-electron chi connectivity index (χ1n) is 6.73. The summed E-state index contributed by atoms with van der Waals surface area (Å²) in [5.41, 5.74) is 3.67. The number of thiocarbonyl (C=S) groups is 1. The number of nitrogens with zero attached hydrogens (tertiary/aromatic N) is 1. The third-order valence-corrected chi connectivity index (χ3v) is 4.11. The van der Waals surface area contributed by atoms with Crippen LogP contribution in [0.2, 0.25) is 0 Å². The number of likely N-dealkylation sites (tertiary alicyclic amines) is 1. The third-order valence-electron chi connectivity index (χ3n) is 3.78. The number of nitrogens with one attached hydrogen (secondary N) is 1. The molecule has 1 aliphatic heterocycles. The van der Waals surface area contributed by atoms with Crippen molar-refractivity contribution in [3.8, 4) is 0 Å². The van der Waals surface area contributed by atoms with Crippen molar-refractivity contribution in [3.05, 3.63) is 29.3 Å². The van der Waals surface area contributed by atoms with E-state index >= 15 is 0 Å². The molecule has 1 fully saturated rings. The normalized spacial score (nSPS) is 19.7. The van der Waals surface area contributed by atoms with Crippen molar-refractivity contribution in [1.29, 1.82) is 0 Å². The van der Waals surface area contributed by atoms with Gasteiger partial charge in [-0.2, -0.15) is 0 Å². The topological polar surface area (TPSA) is 15.3 Å². The van der Waals surface area contributed by atoms with Gasteiger partial charge in [-0.3, -0.25) is 0 Å². The second kappa shape index (κ2) is 5.70. The van der Waals surface area contributed by atoms with Crippen molar-refractivity contribution in [3.63, 3.8) is 0 Å². The van der Waals surface area contributed by atoms with Crippen LogP contribution in [0.4, 0.5) is 5.69 Å². The van der Waals surface area contributed by atoms with E-state index in [4.69, 9.17) is 12.2 Å². The minimum Gasteiger partial charge on any atom is -0.346 e. The molecule has 1 atom stereocenters. The van der Waals surface area contributed by atoms with Crippen LogP contribution in [-0.2, 0) is 0 Å². The molecule has 1 aromatic rings. The lowest BCUT2D eigenvalue weighted by Crippen LogP contribution is -2.44. The van der Waals surface area contributed by atoms with E-state index in [-0.39, 0.29) is 0 Å². The molecule has 1 heterocycles. The van der Waals surface area contributed by atoms with Crippen molar-refractivity contribution in [2.24, 2.45) is 0 Å². The summed E-state index contributed by atoms with van der Waals surface area (Å²) in [5, 5.41) is 4.31. The first-order valence-corrected chi connectivity index (χ1v) is 7.14. The van der Waals surface area contributed by atoms with E-state index in [2.05, 4.69) is 49.2 Å². The van der Waals surface area contributed by atoms with Crippen LogP contribution in [0.5, 0.6) is 0 Å². The van der Waals surface area contributed by atoms with Gasteiger partial charge in [0.1, 0.15) is 0 Å². The number of hydrogen-bond donors (Lipinski definition) is 1. The lowest BCUT2D eigenvalue weighted by Gasteiger charge is -2.36. The quantitative estimate of drug-likeness (QED) is 0.773. The lowest BCUT2D eigenvalue weighted by molar-refractivity contribution is 0.262. The average molecular weight is 262 g/mol. The van der Waals surface area contributed by atoms with E-state index in [0.29, 0.717) is 6.04 Å². The molecule has 98 valence electrons. The molecule has 0 radical (unpaired) electrons. The summed E-state index contributed by atoms with van der Waals surface area (Å²) in [6.07, 6.45) is 3.82. The molecule has 3 heteroatoms. The van der Waals surface area contributed by atoms with Gasteiger partial charge in [-0.25, -0.2) is 0 Å². The number of para-hydroxylation sites is 1. The van der Waals surface area contributed by atoms with Crippen molar-refractivity contribution >= 4 is 23.0 Å². The van der Waals surface area contributed by atoms with Crippen molar-refractivity contribution in [1.82, 2.24) is 4.90 Å². The van der Waals surface area contributed by atoms with Gasteiger partial charge in [-0.1, -0.05) is 18.2 Å². The zero-order valence-corrected chi connectivity index (χ0v) is 12.3. The minimum absolute atomic E-state index is 0.558. The van der Waals surface area contributed by atoms with E-state index in [1.807, 2.05) is 0 Å². The van der Waals surface area contributed by atoms with E-state index in [9.17, 15) is 0 Å². The first-order chi connectivity index (χ1) is 8.59. The lowest BCUT2D eigenvalue weighted by atomic mass is 10.0. The fraction of sp³-hybridized carbons (Fsp3) is 0.533. The largest absolute Gasteiger partial charge is 0.346 e. The van der Waals surface area contributed by atoms with E-state index in [0.717, 1.165) is 11.7 Å². The zero-order chi connectivity index (χ0) is 13.1. The van der Waals surface area contributed by atoms with Crippen LogP contribution in [0, 0.1) is 13.8 Å². The molecule has 0 saturated carbocycles. The van der Waals surface area contributed by atoms with Crippen molar-refractivity contribution in [2.45, 2.75) is 46.1 Å². The SMILES string of the molecule is Cc1cccc(C)c1NC(=S)N1CCCCC1C. The highest BCUT2D eigenvalue weighted by Crippen LogP contribution is 2.22. The molecule has 0 aliphatic carbocycles. The number of anilines is 1. The molecule has 0 amide bonds. The van der Waals surface area contributed by atoms with E-state index < -0.39 is 0 Å². The highest BCUT2D eigenvalue weighted by atomic mass is 32.1. The van der Waals surface area contributed by atoms with Crippen LogP contribution in [0.3, 0.4) is 0 Å². The fourth-order valence-electron chi connectivity index (χ4n) is 2.59. The maximum absolute atomic E-state index is 5.57. The number of benzene rings is 1. The molecule has 1 saturated heterocycles. The Morgan fingerprint density at radius 1 is 1.28 bits per heavy atom. The van der Waals surface area contributed by atoms with Crippen LogP contribution < -0.4 is 5.32 Å². The van der Waals surface area contributed by atoms with Crippen LogP contribution in [0.15, 0.2) is 18.2 Å². The molecular formula is C15H22N2S. The Bertz CT molecular complexity index is 422.